The molecule has 0 saturated carbocycles. The van der Waals surface area contributed by atoms with Crippen molar-refractivity contribution in [2.75, 3.05) is 5.73 Å². The summed E-state index contributed by atoms with van der Waals surface area (Å²) >= 11 is 6.61. The third kappa shape index (κ3) is 2.84. The molecule has 162 valence electrons. The van der Waals surface area contributed by atoms with E-state index >= 15 is 0 Å². The van der Waals surface area contributed by atoms with Gasteiger partial charge in [0, 0.05) is 43.4 Å². The van der Waals surface area contributed by atoms with E-state index < -0.39 is 0 Å². The number of rotatable bonds is 2. The van der Waals surface area contributed by atoms with Gasteiger partial charge in [0.1, 0.15) is 22.3 Å². The first-order valence-corrected chi connectivity index (χ1v) is 11.5. The van der Waals surface area contributed by atoms with Crippen LogP contribution in [0.1, 0.15) is 0 Å². The number of furan rings is 2. The van der Waals surface area contributed by atoms with Gasteiger partial charge < -0.3 is 14.6 Å². The molecule has 0 unspecified atom stereocenters. The fraction of sp³-hybridized carbons (Fsp3) is 0. The summed E-state index contributed by atoms with van der Waals surface area (Å²) in [5, 5.41) is 4.91. The van der Waals surface area contributed by atoms with E-state index in [2.05, 4.69) is 24.3 Å². The van der Waals surface area contributed by atoms with Crippen molar-refractivity contribution in [2.45, 2.75) is 0 Å². The van der Waals surface area contributed by atoms with Crippen LogP contribution in [0.3, 0.4) is 0 Å². The number of para-hydroxylation sites is 2. The number of hydrogen-bond acceptors (Lipinski definition) is 3. The van der Waals surface area contributed by atoms with E-state index in [1.807, 2.05) is 72.8 Å². The van der Waals surface area contributed by atoms with Crippen LogP contribution in [-0.2, 0) is 0 Å². The number of nitrogen functional groups attached to an aromatic ring is 1. The van der Waals surface area contributed by atoms with Crippen LogP contribution in [-0.4, -0.2) is 0 Å². The molecule has 2 N–H and O–H groups in total. The Balaban J connectivity index is 1.43. The average molecular weight is 460 g/mol. The highest BCUT2D eigenvalue weighted by atomic mass is 35.5. The summed E-state index contributed by atoms with van der Waals surface area (Å²) in [6.45, 7) is 0. The zero-order valence-corrected chi connectivity index (χ0v) is 18.8. The molecule has 0 atom stereocenters. The first-order valence-electron chi connectivity index (χ1n) is 11.1. The van der Waals surface area contributed by atoms with E-state index in [9.17, 15) is 0 Å². The molecule has 3 nitrogen and oxygen atoms in total. The smallest absolute Gasteiger partial charge is 0.135 e. The lowest BCUT2D eigenvalue weighted by Crippen LogP contribution is -1.95. The molecule has 0 bridgehead atoms. The van der Waals surface area contributed by atoms with Gasteiger partial charge in [-0.25, -0.2) is 0 Å². The van der Waals surface area contributed by atoms with Crippen molar-refractivity contribution in [3.05, 3.63) is 102 Å². The third-order valence-electron chi connectivity index (χ3n) is 6.52. The lowest BCUT2D eigenvalue weighted by atomic mass is 9.94. The second-order valence-electron chi connectivity index (χ2n) is 8.53. The van der Waals surface area contributed by atoms with Gasteiger partial charge in [-0.3, -0.25) is 0 Å². The van der Waals surface area contributed by atoms with Crippen LogP contribution in [0, 0.1) is 0 Å². The molecular formula is C30H18ClNO2. The molecule has 7 aromatic rings. The van der Waals surface area contributed by atoms with Crippen LogP contribution >= 0.6 is 11.6 Å². The topological polar surface area (TPSA) is 52.3 Å². The number of fused-ring (bicyclic) bond motifs is 6. The molecule has 0 aliphatic carbocycles. The molecule has 2 heterocycles. The molecule has 0 fully saturated rings. The summed E-state index contributed by atoms with van der Waals surface area (Å²) in [5.74, 6) is 0. The predicted molar refractivity (Wildman–Crippen MR) is 141 cm³/mol. The average Bonchev–Trinajstić information content (AvgIpc) is 3.42. The Hall–Kier alpha value is -4.21. The fourth-order valence-electron chi connectivity index (χ4n) is 4.88. The second kappa shape index (κ2) is 7.14. The zero-order chi connectivity index (χ0) is 22.8. The standard InChI is InChI=1S/C30H18ClNO2/c31-19-15-22(17-9-11-28-24(13-17)20-5-1-3-7-26(20)33-28)30(32)23(16-19)18-10-12-29-25(14-18)21-6-2-4-8-27(21)34-29/h1-16H,32H2. The molecule has 0 amide bonds. The molecule has 34 heavy (non-hydrogen) atoms. The first-order chi connectivity index (χ1) is 16.7. The normalized spacial score (nSPS) is 11.8. The van der Waals surface area contributed by atoms with Crippen LogP contribution in [0.2, 0.25) is 5.02 Å². The van der Waals surface area contributed by atoms with Crippen LogP contribution in [0.4, 0.5) is 5.69 Å². The Labute approximate surface area is 200 Å². The molecule has 0 aliphatic rings. The summed E-state index contributed by atoms with van der Waals surface area (Å²) in [4.78, 5) is 0. The van der Waals surface area contributed by atoms with Crippen molar-refractivity contribution in [3.8, 4) is 22.3 Å². The molecule has 0 aliphatic heterocycles. The number of anilines is 1. The summed E-state index contributed by atoms with van der Waals surface area (Å²) < 4.78 is 12.0. The fourth-order valence-corrected chi connectivity index (χ4v) is 5.10. The maximum absolute atomic E-state index is 6.77. The van der Waals surface area contributed by atoms with Crippen molar-refractivity contribution in [2.24, 2.45) is 0 Å². The van der Waals surface area contributed by atoms with Crippen LogP contribution in [0.15, 0.2) is 106 Å². The highest BCUT2D eigenvalue weighted by Gasteiger charge is 2.15. The van der Waals surface area contributed by atoms with Gasteiger partial charge in [0.15, 0.2) is 0 Å². The third-order valence-corrected chi connectivity index (χ3v) is 6.74. The first kappa shape index (κ1) is 19.3. The van der Waals surface area contributed by atoms with Crippen molar-refractivity contribution < 1.29 is 8.83 Å². The summed E-state index contributed by atoms with van der Waals surface area (Å²) in [6.07, 6.45) is 0. The van der Waals surface area contributed by atoms with Crippen LogP contribution in [0.5, 0.6) is 0 Å². The maximum atomic E-state index is 6.77. The minimum atomic E-state index is 0.633. The quantitative estimate of drug-likeness (QED) is 0.262. The van der Waals surface area contributed by atoms with Gasteiger partial charge in [0.25, 0.3) is 0 Å². The molecule has 7 rings (SSSR count). The maximum Gasteiger partial charge on any atom is 0.135 e. The van der Waals surface area contributed by atoms with Gasteiger partial charge >= 0.3 is 0 Å². The van der Waals surface area contributed by atoms with Gasteiger partial charge in [-0.1, -0.05) is 60.1 Å². The highest BCUT2D eigenvalue weighted by Crippen LogP contribution is 2.41. The number of nitrogens with two attached hydrogens (primary N) is 1. The minimum Gasteiger partial charge on any atom is -0.456 e. The SMILES string of the molecule is Nc1c(-c2ccc3oc4ccccc4c3c2)cc(Cl)cc1-c1ccc2oc3ccccc3c2c1. The molecule has 0 saturated heterocycles. The Morgan fingerprint density at radius 2 is 0.941 bits per heavy atom. The van der Waals surface area contributed by atoms with E-state index in [0.29, 0.717) is 10.7 Å². The van der Waals surface area contributed by atoms with Gasteiger partial charge in [-0.15, -0.1) is 0 Å². The predicted octanol–water partition coefficient (Wildman–Crippen LogP) is 9.05. The Morgan fingerprint density at radius 1 is 0.500 bits per heavy atom. The molecule has 5 aromatic carbocycles. The van der Waals surface area contributed by atoms with Crippen molar-refractivity contribution >= 4 is 61.2 Å². The van der Waals surface area contributed by atoms with Crippen molar-refractivity contribution in [3.63, 3.8) is 0 Å². The summed E-state index contributed by atoms with van der Waals surface area (Å²) in [5.41, 5.74) is 14.7. The lowest BCUT2D eigenvalue weighted by molar-refractivity contribution is 0.668. The molecule has 4 heteroatoms. The second-order valence-corrected chi connectivity index (χ2v) is 8.97. The monoisotopic (exact) mass is 459 g/mol. The van der Waals surface area contributed by atoms with Gasteiger partial charge in [-0.2, -0.15) is 0 Å². The van der Waals surface area contributed by atoms with Crippen molar-refractivity contribution in [1.82, 2.24) is 0 Å². The van der Waals surface area contributed by atoms with Crippen molar-refractivity contribution in [1.29, 1.82) is 0 Å². The van der Waals surface area contributed by atoms with E-state index in [0.717, 1.165) is 66.1 Å². The van der Waals surface area contributed by atoms with Gasteiger partial charge in [-0.05, 0) is 59.7 Å². The zero-order valence-electron chi connectivity index (χ0n) is 18.0. The highest BCUT2D eigenvalue weighted by molar-refractivity contribution is 6.31. The Kier molecular flexibility index (Phi) is 4.05. The Morgan fingerprint density at radius 3 is 1.44 bits per heavy atom. The van der Waals surface area contributed by atoms with E-state index in [4.69, 9.17) is 26.2 Å². The summed E-state index contributed by atoms with van der Waals surface area (Å²) in [7, 11) is 0. The summed E-state index contributed by atoms with van der Waals surface area (Å²) in [6, 6.07) is 32.3. The van der Waals surface area contributed by atoms with Crippen LogP contribution < -0.4 is 5.73 Å². The van der Waals surface area contributed by atoms with Gasteiger partial charge in [0.05, 0.1) is 0 Å². The molecule has 0 radical (unpaired) electrons. The number of halogens is 1. The van der Waals surface area contributed by atoms with E-state index in [-0.39, 0.29) is 0 Å². The molecule has 2 aromatic heterocycles. The molecular weight excluding hydrogens is 442 g/mol. The van der Waals surface area contributed by atoms with Gasteiger partial charge in [0.2, 0.25) is 0 Å². The molecule has 0 spiro atoms. The largest absolute Gasteiger partial charge is 0.456 e. The number of hydrogen-bond donors (Lipinski definition) is 1. The minimum absolute atomic E-state index is 0.633. The number of benzene rings is 5. The Bertz CT molecular complexity index is 1760. The van der Waals surface area contributed by atoms with Crippen LogP contribution in [0.25, 0.3) is 66.1 Å². The lowest BCUT2D eigenvalue weighted by Gasteiger charge is -2.13. The van der Waals surface area contributed by atoms with E-state index in [1.54, 1.807) is 0 Å². The van der Waals surface area contributed by atoms with E-state index in [1.165, 1.54) is 0 Å².